The molecular formula is C21H31N5OS. The zero-order valence-electron chi connectivity index (χ0n) is 17.0. The molecule has 0 radical (unpaired) electrons. The predicted octanol–water partition coefficient (Wildman–Crippen LogP) is 3.92. The van der Waals surface area contributed by atoms with Crippen LogP contribution < -0.4 is 11.1 Å². The molecule has 2 aromatic heterocycles. The van der Waals surface area contributed by atoms with Gasteiger partial charge in [0.2, 0.25) is 5.91 Å². The molecule has 3 heterocycles. The van der Waals surface area contributed by atoms with Crippen LogP contribution in [0.3, 0.4) is 0 Å². The van der Waals surface area contributed by atoms with Crippen LogP contribution in [0.2, 0.25) is 0 Å². The third-order valence-corrected chi connectivity index (χ3v) is 6.26. The lowest BCUT2D eigenvalue weighted by atomic mass is 9.92. The highest BCUT2D eigenvalue weighted by atomic mass is 32.1. The number of pyridine rings is 1. The van der Waals surface area contributed by atoms with Gasteiger partial charge < -0.3 is 16.0 Å². The van der Waals surface area contributed by atoms with Gasteiger partial charge in [-0.25, -0.2) is 9.97 Å². The van der Waals surface area contributed by atoms with Gasteiger partial charge in [0.05, 0.1) is 6.04 Å². The van der Waals surface area contributed by atoms with Crippen molar-refractivity contribution in [2.45, 2.75) is 58.4 Å². The van der Waals surface area contributed by atoms with Crippen LogP contribution >= 0.6 is 11.3 Å². The Morgan fingerprint density at radius 1 is 1.36 bits per heavy atom. The van der Waals surface area contributed by atoms with E-state index in [0.29, 0.717) is 5.92 Å². The highest BCUT2D eigenvalue weighted by molar-refractivity contribution is 7.15. The number of amides is 1. The van der Waals surface area contributed by atoms with Crippen molar-refractivity contribution < 1.29 is 4.79 Å². The molecule has 1 aliphatic heterocycles. The summed E-state index contributed by atoms with van der Waals surface area (Å²) in [6, 6.07) is 5.69. The normalized spacial score (nSPS) is 16.4. The van der Waals surface area contributed by atoms with Crippen LogP contribution in [0.5, 0.6) is 0 Å². The Kier molecular flexibility index (Phi) is 7.02. The van der Waals surface area contributed by atoms with Gasteiger partial charge in [-0.2, -0.15) is 0 Å². The van der Waals surface area contributed by atoms with E-state index in [4.69, 9.17) is 10.7 Å². The second-order valence-electron chi connectivity index (χ2n) is 7.82. The van der Waals surface area contributed by atoms with E-state index >= 15 is 0 Å². The second-order valence-corrected chi connectivity index (χ2v) is 8.94. The van der Waals surface area contributed by atoms with Crippen molar-refractivity contribution in [1.82, 2.24) is 14.9 Å². The fourth-order valence-corrected chi connectivity index (χ4v) is 4.40. The second kappa shape index (κ2) is 9.47. The Morgan fingerprint density at radius 3 is 2.79 bits per heavy atom. The summed E-state index contributed by atoms with van der Waals surface area (Å²) in [7, 11) is 0. The quantitative estimate of drug-likeness (QED) is 0.734. The van der Waals surface area contributed by atoms with E-state index in [1.54, 1.807) is 11.3 Å². The van der Waals surface area contributed by atoms with E-state index in [1.807, 2.05) is 37.1 Å². The minimum atomic E-state index is -0.405. The van der Waals surface area contributed by atoms with E-state index in [-0.39, 0.29) is 11.8 Å². The lowest BCUT2D eigenvalue weighted by molar-refractivity contribution is -0.134. The lowest BCUT2D eigenvalue weighted by Gasteiger charge is -2.34. The zero-order chi connectivity index (χ0) is 20.1. The summed E-state index contributed by atoms with van der Waals surface area (Å²) in [5.74, 6) is 1.44. The van der Waals surface area contributed by atoms with Crippen molar-refractivity contribution in [2.75, 3.05) is 18.4 Å². The number of thiazole rings is 1. The van der Waals surface area contributed by atoms with E-state index in [0.717, 1.165) is 55.4 Å². The van der Waals surface area contributed by atoms with E-state index < -0.39 is 6.04 Å². The minimum absolute atomic E-state index is 0.0727. The molecule has 1 amide bonds. The van der Waals surface area contributed by atoms with Gasteiger partial charge in [-0.3, -0.25) is 4.79 Å². The first-order valence-electron chi connectivity index (χ1n) is 10.2. The molecule has 0 unspecified atom stereocenters. The van der Waals surface area contributed by atoms with E-state index in [9.17, 15) is 4.79 Å². The molecule has 152 valence electrons. The highest BCUT2D eigenvalue weighted by Gasteiger charge is 2.28. The topological polar surface area (TPSA) is 84.1 Å². The monoisotopic (exact) mass is 401 g/mol. The molecule has 1 atom stereocenters. The fourth-order valence-electron chi connectivity index (χ4n) is 3.48. The molecule has 3 N–H and O–H groups in total. The molecule has 28 heavy (non-hydrogen) atoms. The van der Waals surface area contributed by atoms with Gasteiger partial charge in [-0.15, -0.1) is 11.3 Å². The minimum Gasteiger partial charge on any atom is -0.341 e. The lowest BCUT2D eigenvalue weighted by Crippen LogP contribution is -2.49. The number of hydrogen-bond acceptors (Lipinski definition) is 6. The van der Waals surface area contributed by atoms with Gasteiger partial charge >= 0.3 is 0 Å². The number of nitrogens with two attached hydrogens (primary N) is 1. The van der Waals surface area contributed by atoms with Crippen LogP contribution in [-0.4, -0.2) is 39.9 Å². The number of carbonyl (C=O) groups excluding carboxylic acids is 1. The number of piperidine rings is 1. The Hall–Kier alpha value is -1.99. The van der Waals surface area contributed by atoms with Crippen molar-refractivity contribution in [3.63, 3.8) is 0 Å². The van der Waals surface area contributed by atoms with Crippen LogP contribution in [0.4, 0.5) is 10.9 Å². The summed E-state index contributed by atoms with van der Waals surface area (Å²) in [5.41, 5.74) is 7.11. The zero-order valence-corrected chi connectivity index (χ0v) is 17.8. The van der Waals surface area contributed by atoms with E-state index in [2.05, 4.69) is 23.3 Å². The number of anilines is 2. The smallest absolute Gasteiger partial charge is 0.239 e. The van der Waals surface area contributed by atoms with Crippen molar-refractivity contribution in [1.29, 1.82) is 0 Å². The molecule has 0 spiro atoms. The van der Waals surface area contributed by atoms with Crippen molar-refractivity contribution in [2.24, 2.45) is 11.7 Å². The number of carbonyl (C=O) groups is 1. The predicted molar refractivity (Wildman–Crippen MR) is 115 cm³/mol. The number of aromatic nitrogens is 2. The van der Waals surface area contributed by atoms with Crippen LogP contribution in [0.15, 0.2) is 24.4 Å². The Balaban J connectivity index is 1.59. The summed E-state index contributed by atoms with van der Waals surface area (Å²) in [6.07, 6.45) is 5.97. The number of likely N-dealkylation sites (tertiary alicyclic amines) is 1. The van der Waals surface area contributed by atoms with Crippen molar-refractivity contribution in [3.8, 4) is 0 Å². The van der Waals surface area contributed by atoms with Crippen LogP contribution in [-0.2, 0) is 11.2 Å². The number of hydrogen-bond donors (Lipinski definition) is 2. The third kappa shape index (κ3) is 5.08. The van der Waals surface area contributed by atoms with Crippen LogP contribution in [0, 0.1) is 5.92 Å². The van der Waals surface area contributed by atoms with Crippen molar-refractivity contribution in [3.05, 3.63) is 35.0 Å². The third-order valence-electron chi connectivity index (χ3n) is 5.28. The fraction of sp³-hybridized carbons (Fsp3) is 0.571. The maximum atomic E-state index is 12.5. The number of rotatable bonds is 7. The Labute approximate surface area is 171 Å². The molecule has 6 nitrogen and oxygen atoms in total. The molecule has 0 saturated carbocycles. The van der Waals surface area contributed by atoms with Gasteiger partial charge in [0, 0.05) is 35.8 Å². The highest BCUT2D eigenvalue weighted by Crippen LogP contribution is 2.29. The van der Waals surface area contributed by atoms with Gasteiger partial charge in [-0.1, -0.05) is 33.3 Å². The molecule has 0 bridgehead atoms. The SMILES string of the molecule is CCCc1cnc(Nc2cccc(C3CCN(C(=O)[C@H](N)C(C)C)CC3)n2)s1. The average Bonchev–Trinajstić information content (AvgIpc) is 3.14. The molecule has 1 aliphatic rings. The maximum absolute atomic E-state index is 12.5. The standard InChI is InChI=1S/C21H31N5OS/c1-4-6-16-13-23-21(28-16)25-18-8-5-7-17(24-18)15-9-11-26(12-10-15)20(27)19(22)14(2)3/h5,7-8,13-15,19H,4,6,9-12,22H2,1-3H3,(H,23,24,25)/t19-/m1/s1. The molecule has 1 fully saturated rings. The van der Waals surface area contributed by atoms with Gasteiger partial charge in [-0.05, 0) is 37.3 Å². The first-order valence-corrected chi connectivity index (χ1v) is 11.0. The molecule has 0 aliphatic carbocycles. The van der Waals surface area contributed by atoms with Gasteiger partial charge in [0.25, 0.3) is 0 Å². The largest absolute Gasteiger partial charge is 0.341 e. The average molecular weight is 402 g/mol. The number of nitrogens with one attached hydrogen (secondary N) is 1. The summed E-state index contributed by atoms with van der Waals surface area (Å²) in [6.45, 7) is 7.65. The molecule has 0 aromatic carbocycles. The van der Waals surface area contributed by atoms with Crippen LogP contribution in [0.25, 0.3) is 0 Å². The summed E-state index contributed by atoms with van der Waals surface area (Å²) in [4.78, 5) is 24.9. The Morgan fingerprint density at radius 2 is 2.11 bits per heavy atom. The molecule has 3 rings (SSSR count). The first-order chi connectivity index (χ1) is 13.5. The summed E-state index contributed by atoms with van der Waals surface area (Å²) in [5, 5.41) is 4.22. The van der Waals surface area contributed by atoms with Crippen LogP contribution in [0.1, 0.15) is 56.5 Å². The van der Waals surface area contributed by atoms with Crippen molar-refractivity contribution >= 4 is 28.2 Å². The number of aryl methyl sites for hydroxylation is 1. The molecule has 7 heteroatoms. The molecule has 2 aromatic rings. The molecule has 1 saturated heterocycles. The molecular weight excluding hydrogens is 370 g/mol. The first kappa shape index (κ1) is 20.7. The maximum Gasteiger partial charge on any atom is 0.239 e. The summed E-state index contributed by atoms with van der Waals surface area (Å²) >= 11 is 1.68. The van der Waals surface area contributed by atoms with Gasteiger partial charge in [0.15, 0.2) is 5.13 Å². The van der Waals surface area contributed by atoms with Gasteiger partial charge in [0.1, 0.15) is 5.82 Å². The Bertz CT molecular complexity index is 783. The summed E-state index contributed by atoms with van der Waals surface area (Å²) < 4.78 is 0. The number of nitrogens with zero attached hydrogens (tertiary/aromatic N) is 3. The van der Waals surface area contributed by atoms with E-state index in [1.165, 1.54) is 4.88 Å².